The normalized spacial score (nSPS) is 23.2. The fourth-order valence-corrected chi connectivity index (χ4v) is 5.49. The molecule has 3 rings (SSSR count). The Hall–Kier alpha value is -1.53. The number of carbonyl (C=O) groups excluding carboxylic acids is 2. The summed E-state index contributed by atoms with van der Waals surface area (Å²) < 4.78 is 32.1. The third-order valence-corrected chi connectivity index (χ3v) is 7.51. The summed E-state index contributed by atoms with van der Waals surface area (Å²) in [6.07, 6.45) is 0.419. The number of morpholine rings is 1. The zero-order chi connectivity index (χ0) is 18.4. The molecule has 1 unspecified atom stereocenters. The van der Waals surface area contributed by atoms with Crippen LogP contribution in [0.15, 0.2) is 10.3 Å². The van der Waals surface area contributed by atoms with E-state index >= 15 is 0 Å². The number of amides is 2. The summed E-state index contributed by atoms with van der Waals surface area (Å²) >= 11 is 0.748. The van der Waals surface area contributed by atoms with E-state index in [0.717, 1.165) is 17.4 Å². The first kappa shape index (κ1) is 18.3. The van der Waals surface area contributed by atoms with Crippen molar-refractivity contribution in [3.05, 3.63) is 11.6 Å². The van der Waals surface area contributed by atoms with Gasteiger partial charge < -0.3 is 20.9 Å². The molecule has 1 aliphatic carbocycles. The second-order valence-corrected chi connectivity index (χ2v) is 9.42. The number of nitrogens with two attached hydrogens (primary N) is 1. The van der Waals surface area contributed by atoms with Gasteiger partial charge in [-0.05, 0) is 25.8 Å². The smallest absolute Gasteiger partial charge is 0.256 e. The van der Waals surface area contributed by atoms with Crippen LogP contribution in [0.25, 0.3) is 0 Å². The Morgan fingerprint density at radius 1 is 1.48 bits per heavy atom. The largest absolute Gasteiger partial charge is 0.380 e. The number of anilines is 1. The van der Waals surface area contributed by atoms with Gasteiger partial charge in [0, 0.05) is 13.1 Å². The van der Waals surface area contributed by atoms with Gasteiger partial charge in [-0.15, -0.1) is 11.3 Å². The second kappa shape index (κ2) is 6.32. The molecule has 2 aliphatic rings. The fourth-order valence-electron chi connectivity index (χ4n) is 2.47. The van der Waals surface area contributed by atoms with Crippen LogP contribution in [0.3, 0.4) is 0 Å². The van der Waals surface area contributed by atoms with Gasteiger partial charge in [-0.1, -0.05) is 0 Å². The van der Waals surface area contributed by atoms with Crippen molar-refractivity contribution in [1.29, 1.82) is 0 Å². The zero-order valence-electron chi connectivity index (χ0n) is 13.5. The summed E-state index contributed by atoms with van der Waals surface area (Å²) in [5.74, 6) is -1.52. The molecule has 1 aliphatic heterocycles. The number of sulfonamides is 1. The third kappa shape index (κ3) is 3.55. The maximum absolute atomic E-state index is 12.8. The van der Waals surface area contributed by atoms with Crippen LogP contribution in [-0.2, 0) is 19.6 Å². The van der Waals surface area contributed by atoms with E-state index in [1.165, 1.54) is 4.31 Å². The Labute approximate surface area is 148 Å². The molecule has 1 atom stereocenters. The molecule has 0 aromatic carbocycles. The molecule has 138 valence electrons. The fraction of sp³-hybridized carbons (Fsp3) is 0.571. The molecule has 9 nitrogen and oxygen atoms in total. The highest BCUT2D eigenvalue weighted by Crippen LogP contribution is 2.39. The van der Waals surface area contributed by atoms with Crippen molar-refractivity contribution in [3.63, 3.8) is 0 Å². The second-order valence-electron chi connectivity index (χ2n) is 6.20. The van der Waals surface area contributed by atoms with Gasteiger partial charge >= 0.3 is 0 Å². The number of aliphatic hydroxyl groups is 1. The first-order valence-corrected chi connectivity index (χ1v) is 9.98. The highest BCUT2D eigenvalue weighted by atomic mass is 32.2. The third-order valence-electron chi connectivity index (χ3n) is 4.15. The number of ether oxygens (including phenoxy) is 1. The lowest BCUT2D eigenvalue weighted by Crippen LogP contribution is -2.44. The number of carbonyl (C=O) groups is 2. The van der Waals surface area contributed by atoms with Crippen LogP contribution < -0.4 is 11.1 Å². The minimum Gasteiger partial charge on any atom is -0.380 e. The molecule has 0 spiro atoms. The van der Waals surface area contributed by atoms with Gasteiger partial charge in [-0.2, -0.15) is 4.31 Å². The van der Waals surface area contributed by atoms with Crippen LogP contribution in [0.2, 0.25) is 0 Å². The summed E-state index contributed by atoms with van der Waals surface area (Å²) in [5, 5.41) is 12.3. The molecule has 25 heavy (non-hydrogen) atoms. The average Bonchev–Trinajstić information content (AvgIpc) is 3.14. The van der Waals surface area contributed by atoms with Gasteiger partial charge in [0.05, 0.1) is 18.3 Å². The van der Waals surface area contributed by atoms with E-state index in [4.69, 9.17) is 10.5 Å². The van der Waals surface area contributed by atoms with Gasteiger partial charge in [-0.3, -0.25) is 9.59 Å². The molecule has 0 radical (unpaired) electrons. The van der Waals surface area contributed by atoms with E-state index in [2.05, 4.69) is 5.32 Å². The monoisotopic (exact) mass is 389 g/mol. The zero-order valence-corrected chi connectivity index (χ0v) is 15.2. The summed E-state index contributed by atoms with van der Waals surface area (Å²) in [6, 6.07) is 1.16. The van der Waals surface area contributed by atoms with Crippen LogP contribution in [0.4, 0.5) is 5.00 Å². The molecule has 1 saturated heterocycles. The van der Waals surface area contributed by atoms with Gasteiger partial charge in [0.2, 0.25) is 0 Å². The van der Waals surface area contributed by atoms with Crippen molar-refractivity contribution in [3.8, 4) is 0 Å². The summed E-state index contributed by atoms with van der Waals surface area (Å²) in [7, 11) is -3.84. The Kier molecular flexibility index (Phi) is 4.62. The van der Waals surface area contributed by atoms with Crippen LogP contribution >= 0.6 is 11.3 Å². The van der Waals surface area contributed by atoms with E-state index < -0.39 is 27.4 Å². The van der Waals surface area contributed by atoms with Gasteiger partial charge in [0.15, 0.2) is 0 Å². The predicted molar refractivity (Wildman–Crippen MR) is 89.8 cm³/mol. The van der Waals surface area contributed by atoms with Crippen molar-refractivity contribution < 1.29 is 27.9 Å². The Bertz CT molecular complexity index is 815. The minimum absolute atomic E-state index is 0.0257. The standard InChI is InChI=1S/C14H19N3O6S2/c1-8-7-17(4-5-23-8)25(21,22)10-6-9(11(15)18)12(24-10)16-13(19)14(20)2-3-14/h6,8,20H,2-5,7H2,1H3,(H2,15,18)(H,16,19). The van der Waals surface area contributed by atoms with Crippen LogP contribution in [0.5, 0.6) is 0 Å². The molecular formula is C14H19N3O6S2. The van der Waals surface area contributed by atoms with Crippen LogP contribution in [0.1, 0.15) is 30.1 Å². The van der Waals surface area contributed by atoms with Crippen LogP contribution in [-0.4, -0.2) is 61.0 Å². The van der Waals surface area contributed by atoms with E-state index in [9.17, 15) is 23.1 Å². The Balaban J connectivity index is 1.90. The molecule has 0 bridgehead atoms. The van der Waals surface area contributed by atoms with E-state index in [-0.39, 0.29) is 40.6 Å². The summed E-state index contributed by atoms with van der Waals surface area (Å²) in [6.45, 7) is 2.46. The average molecular weight is 389 g/mol. The molecule has 2 heterocycles. The quantitative estimate of drug-likeness (QED) is 0.633. The van der Waals surface area contributed by atoms with E-state index in [1.807, 2.05) is 0 Å². The van der Waals surface area contributed by atoms with Crippen molar-refractivity contribution in [2.45, 2.75) is 35.7 Å². The van der Waals surface area contributed by atoms with Crippen LogP contribution in [0, 0.1) is 0 Å². The van der Waals surface area contributed by atoms with Gasteiger partial charge in [-0.25, -0.2) is 8.42 Å². The van der Waals surface area contributed by atoms with Crippen molar-refractivity contribution in [2.24, 2.45) is 5.73 Å². The minimum atomic E-state index is -3.84. The highest BCUT2D eigenvalue weighted by Gasteiger charge is 2.48. The molecule has 1 saturated carbocycles. The Morgan fingerprint density at radius 2 is 2.16 bits per heavy atom. The van der Waals surface area contributed by atoms with Crippen molar-refractivity contribution >= 4 is 38.2 Å². The van der Waals surface area contributed by atoms with E-state index in [1.54, 1.807) is 6.92 Å². The number of nitrogens with one attached hydrogen (secondary N) is 1. The molecule has 2 fully saturated rings. The molecule has 1 aromatic heterocycles. The Morgan fingerprint density at radius 3 is 2.72 bits per heavy atom. The van der Waals surface area contributed by atoms with Gasteiger partial charge in [0.1, 0.15) is 14.8 Å². The number of rotatable bonds is 5. The lowest BCUT2D eigenvalue weighted by molar-refractivity contribution is -0.125. The number of hydrogen-bond donors (Lipinski definition) is 3. The first-order chi connectivity index (χ1) is 11.6. The molecule has 2 amide bonds. The molecule has 1 aromatic rings. The summed E-state index contributed by atoms with van der Waals surface area (Å²) in [5.41, 5.74) is 3.76. The highest BCUT2D eigenvalue weighted by molar-refractivity contribution is 7.91. The lowest BCUT2D eigenvalue weighted by Gasteiger charge is -2.29. The topological polar surface area (TPSA) is 139 Å². The maximum Gasteiger partial charge on any atom is 0.256 e. The number of thiophene rings is 1. The number of primary amides is 1. The predicted octanol–water partition coefficient (Wildman–Crippen LogP) is -0.280. The van der Waals surface area contributed by atoms with E-state index in [0.29, 0.717) is 12.8 Å². The first-order valence-electron chi connectivity index (χ1n) is 7.73. The van der Waals surface area contributed by atoms with Gasteiger partial charge in [0.25, 0.3) is 21.8 Å². The SMILES string of the molecule is CC1CN(S(=O)(=O)c2cc(C(N)=O)c(NC(=O)C3(O)CC3)s2)CCO1. The molecule has 11 heteroatoms. The lowest BCUT2D eigenvalue weighted by atomic mass is 10.3. The maximum atomic E-state index is 12.8. The number of nitrogens with zero attached hydrogens (tertiary/aromatic N) is 1. The number of hydrogen-bond acceptors (Lipinski definition) is 7. The molecular weight excluding hydrogens is 370 g/mol. The summed E-state index contributed by atoms with van der Waals surface area (Å²) in [4.78, 5) is 23.6. The van der Waals surface area contributed by atoms with Crippen molar-refractivity contribution in [2.75, 3.05) is 25.0 Å². The van der Waals surface area contributed by atoms with Crippen molar-refractivity contribution in [1.82, 2.24) is 4.31 Å². The molecule has 4 N–H and O–H groups in total.